The number of nitrogens with one attached hydrogen (secondary N) is 1. The highest BCUT2D eigenvalue weighted by Crippen LogP contribution is 2.32. The Morgan fingerprint density at radius 3 is 2.82 bits per heavy atom. The molecule has 0 saturated carbocycles. The van der Waals surface area contributed by atoms with Gasteiger partial charge in [0.15, 0.2) is 11.5 Å². The van der Waals surface area contributed by atoms with Gasteiger partial charge in [-0.15, -0.1) is 0 Å². The van der Waals surface area contributed by atoms with Crippen molar-refractivity contribution in [1.82, 2.24) is 5.32 Å². The Balaban J connectivity index is 3.09. The minimum absolute atomic E-state index is 0.0600. The van der Waals surface area contributed by atoms with Crippen LogP contribution in [-0.2, 0) is 0 Å². The van der Waals surface area contributed by atoms with Crippen molar-refractivity contribution in [3.8, 4) is 11.5 Å². The molecule has 0 saturated heterocycles. The normalized spacial score (nSPS) is 10.7. The monoisotopic (exact) mass is 235 g/mol. The maximum atomic E-state index is 10.8. The molecule has 4 nitrogen and oxygen atoms in total. The summed E-state index contributed by atoms with van der Waals surface area (Å²) in [4.78, 5) is 10.8. The molecular weight excluding hydrogens is 218 g/mol. The number of rotatable bonds is 6. The van der Waals surface area contributed by atoms with Crippen LogP contribution in [0.1, 0.15) is 22.8 Å². The van der Waals surface area contributed by atoms with Gasteiger partial charge in [0, 0.05) is 17.7 Å². The molecule has 0 aliphatic carbocycles. The topological polar surface area (TPSA) is 58.6 Å². The quantitative estimate of drug-likeness (QED) is 0.739. The van der Waals surface area contributed by atoms with E-state index >= 15 is 0 Å². The number of carbonyl (C=O) groups excluding carboxylic acids is 1. The lowest BCUT2D eigenvalue weighted by Gasteiger charge is -2.09. The van der Waals surface area contributed by atoms with Crippen LogP contribution in [0, 0.1) is 0 Å². The second kappa shape index (κ2) is 6.70. The molecule has 0 unspecified atom stereocenters. The first kappa shape index (κ1) is 13.3. The second-order valence-corrected chi connectivity index (χ2v) is 3.47. The lowest BCUT2D eigenvalue weighted by molar-refractivity contribution is 0.112. The van der Waals surface area contributed by atoms with Crippen molar-refractivity contribution >= 4 is 12.4 Å². The van der Waals surface area contributed by atoms with Crippen LogP contribution in [-0.4, -0.2) is 31.6 Å². The molecule has 1 aromatic rings. The molecule has 0 aliphatic heterocycles. The summed E-state index contributed by atoms with van der Waals surface area (Å²) in [6.07, 6.45) is 4.35. The first-order chi connectivity index (χ1) is 8.22. The van der Waals surface area contributed by atoms with Gasteiger partial charge >= 0.3 is 0 Å². The third kappa shape index (κ3) is 3.60. The maximum absolute atomic E-state index is 10.8. The highest BCUT2D eigenvalue weighted by atomic mass is 16.5. The number of benzene rings is 1. The Bertz CT molecular complexity index is 413. The van der Waals surface area contributed by atoms with E-state index in [1.807, 2.05) is 20.0 Å². The number of aldehydes is 1. The van der Waals surface area contributed by atoms with Crippen molar-refractivity contribution in [3.05, 3.63) is 29.3 Å². The van der Waals surface area contributed by atoms with Crippen molar-refractivity contribution in [1.29, 1.82) is 0 Å². The number of likely N-dealkylation sites (N-methyl/N-ethyl adjacent to an activating group) is 1. The molecular formula is C13H17NO3. The van der Waals surface area contributed by atoms with Gasteiger partial charge in [-0.2, -0.15) is 0 Å². The van der Waals surface area contributed by atoms with E-state index in [1.165, 1.54) is 6.07 Å². The Labute approximate surface area is 101 Å². The van der Waals surface area contributed by atoms with Crippen LogP contribution in [0.4, 0.5) is 0 Å². The van der Waals surface area contributed by atoms with E-state index in [1.54, 1.807) is 12.1 Å². The maximum Gasteiger partial charge on any atom is 0.165 e. The zero-order valence-electron chi connectivity index (χ0n) is 10.1. The largest absolute Gasteiger partial charge is 0.504 e. The summed E-state index contributed by atoms with van der Waals surface area (Å²) in [5, 5.41) is 12.9. The number of hydrogen-bond donors (Lipinski definition) is 2. The standard InChI is InChI=1S/C13H17NO3/c1-3-17-12-8-10(9-15)7-11(13(12)16)5-4-6-14-2/h4-5,7-9,14,16H,3,6H2,1-2H3. The Kier molecular flexibility index (Phi) is 5.23. The summed E-state index contributed by atoms with van der Waals surface area (Å²) >= 11 is 0. The fourth-order valence-corrected chi connectivity index (χ4v) is 1.42. The summed E-state index contributed by atoms with van der Waals surface area (Å²) in [6.45, 7) is 2.95. The molecule has 0 aliphatic rings. The molecule has 0 radical (unpaired) electrons. The van der Waals surface area contributed by atoms with Crippen LogP contribution in [0.25, 0.3) is 6.08 Å². The fraction of sp³-hybridized carbons (Fsp3) is 0.308. The number of phenolic OH excluding ortho intramolecular Hbond substituents is 1. The molecule has 0 aromatic heterocycles. The molecule has 1 aromatic carbocycles. The van der Waals surface area contributed by atoms with Gasteiger partial charge in [-0.1, -0.05) is 12.2 Å². The van der Waals surface area contributed by atoms with Crippen LogP contribution in [0.2, 0.25) is 0 Å². The van der Waals surface area contributed by atoms with Crippen molar-refractivity contribution < 1.29 is 14.6 Å². The number of carbonyl (C=O) groups is 1. The van der Waals surface area contributed by atoms with Crippen LogP contribution >= 0.6 is 0 Å². The first-order valence-corrected chi connectivity index (χ1v) is 5.49. The molecule has 92 valence electrons. The van der Waals surface area contributed by atoms with Crippen molar-refractivity contribution in [2.75, 3.05) is 20.2 Å². The minimum atomic E-state index is 0.0600. The molecule has 1 rings (SSSR count). The van der Waals surface area contributed by atoms with Gasteiger partial charge < -0.3 is 15.2 Å². The van der Waals surface area contributed by atoms with E-state index < -0.39 is 0 Å². The van der Waals surface area contributed by atoms with Crippen LogP contribution in [0.15, 0.2) is 18.2 Å². The average molecular weight is 235 g/mol. The van der Waals surface area contributed by atoms with Gasteiger partial charge in [0.25, 0.3) is 0 Å². The molecule has 2 N–H and O–H groups in total. The van der Waals surface area contributed by atoms with Gasteiger partial charge in [-0.3, -0.25) is 4.79 Å². The Morgan fingerprint density at radius 2 is 2.24 bits per heavy atom. The van der Waals surface area contributed by atoms with Gasteiger partial charge in [-0.05, 0) is 26.1 Å². The molecule has 0 atom stereocenters. The number of hydrogen-bond acceptors (Lipinski definition) is 4. The molecule has 0 amide bonds. The van der Waals surface area contributed by atoms with E-state index in [4.69, 9.17) is 4.74 Å². The van der Waals surface area contributed by atoms with E-state index in [0.29, 0.717) is 30.0 Å². The molecule has 0 bridgehead atoms. The Hall–Kier alpha value is -1.81. The predicted molar refractivity (Wildman–Crippen MR) is 67.6 cm³/mol. The predicted octanol–water partition coefficient (Wildman–Crippen LogP) is 1.84. The van der Waals surface area contributed by atoms with Crippen LogP contribution in [0.3, 0.4) is 0 Å². The summed E-state index contributed by atoms with van der Waals surface area (Å²) in [7, 11) is 1.83. The number of aromatic hydroxyl groups is 1. The molecule has 0 heterocycles. The third-order valence-electron chi connectivity index (χ3n) is 2.18. The van der Waals surface area contributed by atoms with Gasteiger partial charge in [-0.25, -0.2) is 0 Å². The molecule has 0 spiro atoms. The van der Waals surface area contributed by atoms with Gasteiger partial charge in [0.05, 0.1) is 6.61 Å². The number of phenols is 1. The average Bonchev–Trinajstić information content (AvgIpc) is 2.34. The van der Waals surface area contributed by atoms with Crippen molar-refractivity contribution in [2.24, 2.45) is 0 Å². The van der Waals surface area contributed by atoms with E-state index in [-0.39, 0.29) is 5.75 Å². The highest BCUT2D eigenvalue weighted by Gasteiger charge is 2.08. The zero-order chi connectivity index (χ0) is 12.7. The first-order valence-electron chi connectivity index (χ1n) is 5.49. The lowest BCUT2D eigenvalue weighted by atomic mass is 10.1. The number of ether oxygens (including phenoxy) is 1. The minimum Gasteiger partial charge on any atom is -0.504 e. The van der Waals surface area contributed by atoms with Crippen molar-refractivity contribution in [3.63, 3.8) is 0 Å². The summed E-state index contributed by atoms with van der Waals surface area (Å²) in [6, 6.07) is 3.15. The van der Waals surface area contributed by atoms with E-state index in [9.17, 15) is 9.90 Å². The summed E-state index contributed by atoms with van der Waals surface area (Å²) < 4.78 is 5.27. The summed E-state index contributed by atoms with van der Waals surface area (Å²) in [5.41, 5.74) is 1.06. The van der Waals surface area contributed by atoms with Gasteiger partial charge in [0.2, 0.25) is 0 Å². The summed E-state index contributed by atoms with van der Waals surface area (Å²) in [5.74, 6) is 0.394. The molecule has 4 heteroatoms. The van der Waals surface area contributed by atoms with E-state index in [2.05, 4.69) is 5.32 Å². The van der Waals surface area contributed by atoms with Crippen LogP contribution < -0.4 is 10.1 Å². The van der Waals surface area contributed by atoms with E-state index in [0.717, 1.165) is 6.29 Å². The van der Waals surface area contributed by atoms with Crippen LogP contribution in [0.5, 0.6) is 11.5 Å². The smallest absolute Gasteiger partial charge is 0.165 e. The lowest BCUT2D eigenvalue weighted by Crippen LogP contribution is -2.03. The molecule has 0 fully saturated rings. The SMILES string of the molecule is CCOc1cc(C=O)cc(C=CCNC)c1O. The van der Waals surface area contributed by atoms with Crippen molar-refractivity contribution in [2.45, 2.75) is 6.92 Å². The highest BCUT2D eigenvalue weighted by molar-refractivity contribution is 5.79. The Morgan fingerprint density at radius 1 is 1.47 bits per heavy atom. The molecule has 17 heavy (non-hydrogen) atoms. The van der Waals surface area contributed by atoms with Gasteiger partial charge in [0.1, 0.15) is 6.29 Å². The second-order valence-electron chi connectivity index (χ2n) is 3.47. The third-order valence-corrected chi connectivity index (χ3v) is 2.18. The zero-order valence-corrected chi connectivity index (χ0v) is 10.1. The fourth-order valence-electron chi connectivity index (χ4n) is 1.42.